The van der Waals surface area contributed by atoms with Gasteiger partial charge < -0.3 is 11.2 Å². The number of halogens is 3. The summed E-state index contributed by atoms with van der Waals surface area (Å²) in [6.07, 6.45) is -4.56. The van der Waals surface area contributed by atoms with E-state index in [-0.39, 0.29) is 16.6 Å². The molecule has 0 radical (unpaired) electrons. The lowest BCUT2D eigenvalue weighted by atomic mass is 10.1. The summed E-state index contributed by atoms with van der Waals surface area (Å²) in [6.45, 7) is 1.91. The minimum Gasteiger partial charge on any atom is -0.335 e. The first-order chi connectivity index (χ1) is 13.3. The quantitative estimate of drug-likeness (QED) is 0.497. The summed E-state index contributed by atoms with van der Waals surface area (Å²) in [4.78, 5) is 12.1. The monoisotopic (exact) mass is 407 g/mol. The lowest BCUT2D eigenvalue weighted by Crippen LogP contribution is -2.19. The molecule has 1 heterocycles. The Morgan fingerprint density at radius 3 is 2.54 bits per heavy atom. The number of nitrogens with one attached hydrogen (secondary N) is 1. The number of nitrogens with zero attached hydrogens (tertiary/aromatic N) is 3. The molecular weight excluding hydrogens is 391 g/mol. The third-order valence-corrected chi connectivity index (χ3v) is 4.83. The summed E-state index contributed by atoms with van der Waals surface area (Å²) in [5.41, 5.74) is 0.556. The maximum atomic E-state index is 13.0. The van der Waals surface area contributed by atoms with Gasteiger partial charge in [0.2, 0.25) is 11.1 Å². The summed E-state index contributed by atoms with van der Waals surface area (Å²) in [5, 5.41) is 10.6. The average Bonchev–Trinajstić information content (AvgIpc) is 3.00. The van der Waals surface area contributed by atoms with Gasteiger partial charge in [-0.05, 0) is 24.6 Å². The fourth-order valence-corrected chi connectivity index (χ4v) is 3.20. The van der Waals surface area contributed by atoms with Crippen LogP contribution in [0.15, 0.2) is 53.7 Å². The minimum absolute atomic E-state index is 0.171. The number of aryl methyl sites for hydroxylation is 1. The van der Waals surface area contributed by atoms with E-state index < -0.39 is 17.6 Å². The fourth-order valence-electron chi connectivity index (χ4n) is 2.54. The van der Waals surface area contributed by atoms with Gasteiger partial charge in [0.05, 0.1) is 17.0 Å². The number of benzene rings is 2. The SMILES string of the molecule is Cc1ccccc1-c1nnc(SCC(=O)Nc2ccccc2C(F)(F)F)n1N. The van der Waals surface area contributed by atoms with Gasteiger partial charge in [-0.3, -0.25) is 4.79 Å². The third kappa shape index (κ3) is 4.28. The van der Waals surface area contributed by atoms with Crippen LogP contribution in [-0.4, -0.2) is 26.5 Å². The summed E-state index contributed by atoms with van der Waals surface area (Å²) >= 11 is 0.980. The van der Waals surface area contributed by atoms with Crippen molar-refractivity contribution in [1.82, 2.24) is 14.9 Å². The Morgan fingerprint density at radius 2 is 1.82 bits per heavy atom. The molecule has 1 amide bonds. The summed E-state index contributed by atoms with van der Waals surface area (Å²) in [5.74, 6) is 5.67. The van der Waals surface area contributed by atoms with Crippen molar-refractivity contribution in [3.8, 4) is 11.4 Å². The van der Waals surface area contributed by atoms with Crippen LogP contribution in [0.4, 0.5) is 18.9 Å². The van der Waals surface area contributed by atoms with E-state index in [0.29, 0.717) is 5.82 Å². The minimum atomic E-state index is -4.56. The van der Waals surface area contributed by atoms with Gasteiger partial charge >= 0.3 is 6.18 Å². The number of hydrogen-bond donors (Lipinski definition) is 2. The molecule has 146 valence electrons. The Balaban J connectivity index is 1.69. The maximum absolute atomic E-state index is 13.0. The van der Waals surface area contributed by atoms with E-state index in [1.165, 1.54) is 22.9 Å². The normalized spacial score (nSPS) is 11.4. The number of nitrogens with two attached hydrogens (primary N) is 1. The van der Waals surface area contributed by atoms with Crippen LogP contribution in [0.25, 0.3) is 11.4 Å². The number of amides is 1. The molecule has 0 aliphatic carbocycles. The highest BCUT2D eigenvalue weighted by molar-refractivity contribution is 7.99. The molecule has 3 aromatic rings. The highest BCUT2D eigenvalue weighted by atomic mass is 32.2. The van der Waals surface area contributed by atoms with Crippen molar-refractivity contribution in [1.29, 1.82) is 0 Å². The zero-order valence-corrected chi connectivity index (χ0v) is 15.5. The largest absolute Gasteiger partial charge is 0.418 e. The number of alkyl halides is 3. The molecule has 10 heteroatoms. The Kier molecular flexibility index (Phi) is 5.59. The van der Waals surface area contributed by atoms with Gasteiger partial charge in [0, 0.05) is 5.56 Å². The predicted molar refractivity (Wildman–Crippen MR) is 101 cm³/mol. The molecule has 0 aliphatic rings. The van der Waals surface area contributed by atoms with E-state index >= 15 is 0 Å². The first kappa shape index (κ1) is 19.7. The molecule has 1 aromatic heterocycles. The third-order valence-electron chi connectivity index (χ3n) is 3.89. The van der Waals surface area contributed by atoms with Gasteiger partial charge in [-0.1, -0.05) is 48.2 Å². The van der Waals surface area contributed by atoms with E-state index in [1.807, 2.05) is 31.2 Å². The second kappa shape index (κ2) is 7.93. The van der Waals surface area contributed by atoms with Crippen molar-refractivity contribution in [2.75, 3.05) is 16.9 Å². The highest BCUT2D eigenvalue weighted by Gasteiger charge is 2.33. The van der Waals surface area contributed by atoms with Crippen LogP contribution in [0.5, 0.6) is 0 Å². The second-order valence-electron chi connectivity index (χ2n) is 5.87. The highest BCUT2D eigenvalue weighted by Crippen LogP contribution is 2.34. The number of carbonyl (C=O) groups is 1. The van der Waals surface area contributed by atoms with Gasteiger partial charge in [-0.15, -0.1) is 10.2 Å². The number of rotatable bonds is 5. The van der Waals surface area contributed by atoms with Gasteiger partial charge in [0.15, 0.2) is 5.82 Å². The number of aromatic nitrogens is 3. The van der Waals surface area contributed by atoms with E-state index in [2.05, 4.69) is 15.5 Å². The van der Waals surface area contributed by atoms with Crippen LogP contribution in [0.2, 0.25) is 0 Å². The molecule has 0 fully saturated rings. The number of para-hydroxylation sites is 1. The first-order valence-electron chi connectivity index (χ1n) is 8.12. The van der Waals surface area contributed by atoms with Crippen LogP contribution in [0.1, 0.15) is 11.1 Å². The second-order valence-corrected chi connectivity index (χ2v) is 6.81. The molecular formula is C18H16F3N5OS. The van der Waals surface area contributed by atoms with Crippen molar-refractivity contribution >= 4 is 23.4 Å². The van der Waals surface area contributed by atoms with Crippen molar-refractivity contribution < 1.29 is 18.0 Å². The van der Waals surface area contributed by atoms with Crippen LogP contribution < -0.4 is 11.2 Å². The molecule has 0 bridgehead atoms. The van der Waals surface area contributed by atoms with Crippen LogP contribution in [0, 0.1) is 6.92 Å². The molecule has 3 rings (SSSR count). The molecule has 6 nitrogen and oxygen atoms in total. The van der Waals surface area contributed by atoms with Crippen LogP contribution >= 0.6 is 11.8 Å². The zero-order valence-electron chi connectivity index (χ0n) is 14.7. The molecule has 0 atom stereocenters. The van der Waals surface area contributed by atoms with Gasteiger partial charge in [0.1, 0.15) is 0 Å². The van der Waals surface area contributed by atoms with Crippen molar-refractivity contribution in [2.24, 2.45) is 0 Å². The molecule has 0 unspecified atom stereocenters. The lowest BCUT2D eigenvalue weighted by molar-refractivity contribution is -0.137. The van der Waals surface area contributed by atoms with Crippen molar-refractivity contribution in [2.45, 2.75) is 18.3 Å². The molecule has 3 N–H and O–H groups in total. The topological polar surface area (TPSA) is 85.8 Å². The Morgan fingerprint density at radius 1 is 1.14 bits per heavy atom. The predicted octanol–water partition coefficient (Wildman–Crippen LogP) is 3.72. The maximum Gasteiger partial charge on any atom is 0.418 e. The fraction of sp³-hybridized carbons (Fsp3) is 0.167. The van der Waals surface area contributed by atoms with E-state index in [9.17, 15) is 18.0 Å². The summed E-state index contributed by atoms with van der Waals surface area (Å²) < 4.78 is 40.3. The molecule has 28 heavy (non-hydrogen) atoms. The van der Waals surface area contributed by atoms with E-state index in [1.54, 1.807) is 0 Å². The molecule has 2 aromatic carbocycles. The van der Waals surface area contributed by atoms with Crippen LogP contribution in [0.3, 0.4) is 0 Å². The molecule has 0 saturated carbocycles. The summed E-state index contributed by atoms with van der Waals surface area (Å²) in [6, 6.07) is 12.3. The van der Waals surface area contributed by atoms with E-state index in [0.717, 1.165) is 29.0 Å². The number of nitrogen functional groups attached to an aromatic ring is 1. The molecule has 0 saturated heterocycles. The Bertz CT molecular complexity index is 1000. The zero-order chi connectivity index (χ0) is 20.3. The van der Waals surface area contributed by atoms with Crippen molar-refractivity contribution in [3.05, 3.63) is 59.7 Å². The van der Waals surface area contributed by atoms with Crippen molar-refractivity contribution in [3.63, 3.8) is 0 Å². The standard InChI is InChI=1S/C18H16F3N5OS/c1-11-6-2-3-7-12(11)16-24-25-17(26(16)22)28-10-15(27)23-14-9-5-4-8-13(14)18(19,20)21/h2-9H,10,22H2,1H3,(H,23,27). The Hall–Kier alpha value is -3.01. The van der Waals surface area contributed by atoms with E-state index in [4.69, 9.17) is 5.84 Å². The molecule has 0 aliphatic heterocycles. The number of carbonyl (C=O) groups excluding carboxylic acids is 1. The Labute approximate surface area is 162 Å². The number of thioether (sulfide) groups is 1. The average molecular weight is 407 g/mol. The smallest absolute Gasteiger partial charge is 0.335 e. The van der Waals surface area contributed by atoms with Crippen LogP contribution in [-0.2, 0) is 11.0 Å². The summed E-state index contributed by atoms with van der Waals surface area (Å²) in [7, 11) is 0. The number of hydrogen-bond acceptors (Lipinski definition) is 5. The van der Waals surface area contributed by atoms with Gasteiger partial charge in [0.25, 0.3) is 0 Å². The lowest BCUT2D eigenvalue weighted by Gasteiger charge is -2.13. The van der Waals surface area contributed by atoms with Gasteiger partial charge in [-0.2, -0.15) is 13.2 Å². The molecule has 0 spiro atoms. The van der Waals surface area contributed by atoms with Gasteiger partial charge in [-0.25, -0.2) is 4.68 Å². The number of anilines is 1. The first-order valence-corrected chi connectivity index (χ1v) is 9.11.